The summed E-state index contributed by atoms with van der Waals surface area (Å²) in [5.74, 6) is 0.282. The molecule has 0 unspecified atom stereocenters. The maximum absolute atomic E-state index is 13.0. The third kappa shape index (κ3) is 2.93. The number of carbonyl (C=O) groups is 1. The van der Waals surface area contributed by atoms with Gasteiger partial charge < -0.3 is 9.80 Å². The lowest BCUT2D eigenvalue weighted by Crippen LogP contribution is -2.33. The van der Waals surface area contributed by atoms with E-state index in [1.165, 1.54) is 6.07 Å². The lowest BCUT2D eigenvalue weighted by Gasteiger charge is -2.22. The fourth-order valence-corrected chi connectivity index (χ4v) is 2.04. The molecule has 0 saturated carbocycles. The summed E-state index contributed by atoms with van der Waals surface area (Å²) in [6.45, 7) is 4.53. The van der Waals surface area contributed by atoms with Gasteiger partial charge in [0, 0.05) is 33.1 Å². The SMILES string of the molecule is CC(=O)N1CCCN(c2cccc(F)n2)CC1. The van der Waals surface area contributed by atoms with Crippen LogP contribution >= 0.6 is 0 Å². The summed E-state index contributed by atoms with van der Waals surface area (Å²) in [5.41, 5.74) is 0. The van der Waals surface area contributed by atoms with Gasteiger partial charge in [0.2, 0.25) is 11.9 Å². The van der Waals surface area contributed by atoms with Gasteiger partial charge in [0.25, 0.3) is 0 Å². The van der Waals surface area contributed by atoms with Crippen LogP contribution in [0.15, 0.2) is 18.2 Å². The topological polar surface area (TPSA) is 36.4 Å². The lowest BCUT2D eigenvalue weighted by atomic mass is 10.3. The van der Waals surface area contributed by atoms with E-state index in [0.29, 0.717) is 18.9 Å². The van der Waals surface area contributed by atoms with E-state index >= 15 is 0 Å². The second kappa shape index (κ2) is 5.12. The zero-order chi connectivity index (χ0) is 12.3. The van der Waals surface area contributed by atoms with Crippen molar-refractivity contribution in [2.45, 2.75) is 13.3 Å². The molecule has 92 valence electrons. The Morgan fingerprint density at radius 3 is 2.82 bits per heavy atom. The Bertz CT molecular complexity index is 410. The van der Waals surface area contributed by atoms with Gasteiger partial charge in [0.05, 0.1) is 0 Å². The molecular weight excluding hydrogens is 221 g/mol. The second-order valence-corrected chi connectivity index (χ2v) is 4.17. The molecule has 0 aromatic carbocycles. The van der Waals surface area contributed by atoms with Crippen LogP contribution < -0.4 is 4.90 Å². The third-order valence-corrected chi connectivity index (χ3v) is 2.97. The van der Waals surface area contributed by atoms with E-state index in [1.807, 2.05) is 9.80 Å². The first-order valence-corrected chi connectivity index (χ1v) is 5.80. The van der Waals surface area contributed by atoms with Crippen LogP contribution in [0.5, 0.6) is 0 Å². The zero-order valence-electron chi connectivity index (χ0n) is 9.90. The predicted octanol–water partition coefficient (Wildman–Crippen LogP) is 1.28. The summed E-state index contributed by atoms with van der Waals surface area (Å²) in [7, 11) is 0. The smallest absolute Gasteiger partial charge is 0.219 e. The number of pyridine rings is 1. The molecule has 0 atom stereocenters. The van der Waals surface area contributed by atoms with Crippen LogP contribution in [0.1, 0.15) is 13.3 Å². The Kier molecular flexibility index (Phi) is 3.56. The van der Waals surface area contributed by atoms with Gasteiger partial charge in [0.15, 0.2) is 0 Å². The van der Waals surface area contributed by atoms with Gasteiger partial charge in [-0.3, -0.25) is 4.79 Å². The molecule has 0 aliphatic carbocycles. The minimum Gasteiger partial charge on any atom is -0.355 e. The maximum Gasteiger partial charge on any atom is 0.219 e. The van der Waals surface area contributed by atoms with E-state index in [-0.39, 0.29) is 5.91 Å². The van der Waals surface area contributed by atoms with Gasteiger partial charge in [-0.25, -0.2) is 4.98 Å². The predicted molar refractivity (Wildman–Crippen MR) is 63.3 cm³/mol. The molecule has 0 radical (unpaired) electrons. The number of hydrogen-bond acceptors (Lipinski definition) is 3. The van der Waals surface area contributed by atoms with E-state index in [1.54, 1.807) is 19.1 Å². The van der Waals surface area contributed by atoms with Crippen LogP contribution in [0.2, 0.25) is 0 Å². The third-order valence-electron chi connectivity index (χ3n) is 2.97. The summed E-state index contributed by atoms with van der Waals surface area (Å²) in [5, 5.41) is 0. The molecule has 2 rings (SSSR count). The first-order chi connectivity index (χ1) is 8.16. The van der Waals surface area contributed by atoms with E-state index < -0.39 is 5.95 Å². The zero-order valence-corrected chi connectivity index (χ0v) is 9.90. The fourth-order valence-electron chi connectivity index (χ4n) is 2.04. The molecule has 1 aromatic heterocycles. The lowest BCUT2D eigenvalue weighted by molar-refractivity contribution is -0.128. The molecule has 4 nitrogen and oxygen atoms in total. The van der Waals surface area contributed by atoms with Crippen molar-refractivity contribution in [1.82, 2.24) is 9.88 Å². The highest BCUT2D eigenvalue weighted by atomic mass is 19.1. The molecule has 2 heterocycles. The molecule has 1 aliphatic rings. The quantitative estimate of drug-likeness (QED) is 0.690. The summed E-state index contributed by atoms with van der Waals surface area (Å²) >= 11 is 0. The first kappa shape index (κ1) is 11.8. The molecule has 0 spiro atoms. The Morgan fingerprint density at radius 1 is 1.29 bits per heavy atom. The van der Waals surface area contributed by atoms with Crippen molar-refractivity contribution in [2.75, 3.05) is 31.1 Å². The van der Waals surface area contributed by atoms with Crippen molar-refractivity contribution in [3.05, 3.63) is 24.1 Å². The molecule has 1 aliphatic heterocycles. The normalized spacial score (nSPS) is 16.8. The molecule has 1 amide bonds. The summed E-state index contributed by atoms with van der Waals surface area (Å²) in [6, 6.07) is 4.79. The summed E-state index contributed by atoms with van der Waals surface area (Å²) in [4.78, 5) is 19.0. The molecule has 5 heteroatoms. The number of hydrogen-bond donors (Lipinski definition) is 0. The van der Waals surface area contributed by atoms with Crippen LogP contribution in [-0.2, 0) is 4.79 Å². The van der Waals surface area contributed by atoms with E-state index in [9.17, 15) is 9.18 Å². The number of carbonyl (C=O) groups excluding carboxylic acids is 1. The van der Waals surface area contributed by atoms with Crippen LogP contribution in [0.25, 0.3) is 0 Å². The first-order valence-electron chi connectivity index (χ1n) is 5.80. The van der Waals surface area contributed by atoms with Gasteiger partial charge in [-0.2, -0.15) is 4.39 Å². The molecule has 17 heavy (non-hydrogen) atoms. The van der Waals surface area contributed by atoms with Crippen molar-refractivity contribution in [3.63, 3.8) is 0 Å². The fraction of sp³-hybridized carbons (Fsp3) is 0.500. The Labute approximate surface area is 100 Å². The van der Waals surface area contributed by atoms with Gasteiger partial charge in [-0.1, -0.05) is 6.07 Å². The van der Waals surface area contributed by atoms with Gasteiger partial charge >= 0.3 is 0 Å². The summed E-state index contributed by atoms with van der Waals surface area (Å²) < 4.78 is 13.0. The van der Waals surface area contributed by atoms with Crippen LogP contribution in [-0.4, -0.2) is 42.0 Å². The van der Waals surface area contributed by atoms with Gasteiger partial charge in [-0.05, 0) is 18.6 Å². The second-order valence-electron chi connectivity index (χ2n) is 4.17. The number of halogens is 1. The Morgan fingerprint density at radius 2 is 2.12 bits per heavy atom. The van der Waals surface area contributed by atoms with E-state index in [0.717, 1.165) is 19.5 Å². The van der Waals surface area contributed by atoms with Crippen molar-refractivity contribution in [1.29, 1.82) is 0 Å². The van der Waals surface area contributed by atoms with E-state index in [2.05, 4.69) is 4.98 Å². The van der Waals surface area contributed by atoms with Crippen molar-refractivity contribution >= 4 is 11.7 Å². The van der Waals surface area contributed by atoms with Crippen molar-refractivity contribution < 1.29 is 9.18 Å². The minimum absolute atomic E-state index is 0.0963. The number of rotatable bonds is 1. The van der Waals surface area contributed by atoms with E-state index in [4.69, 9.17) is 0 Å². The Hall–Kier alpha value is -1.65. The van der Waals surface area contributed by atoms with Crippen molar-refractivity contribution in [2.24, 2.45) is 0 Å². The van der Waals surface area contributed by atoms with Gasteiger partial charge in [0.1, 0.15) is 5.82 Å². The summed E-state index contributed by atoms with van der Waals surface area (Å²) in [6.07, 6.45) is 0.887. The molecule has 1 saturated heterocycles. The minimum atomic E-state index is -0.463. The number of anilines is 1. The molecule has 1 fully saturated rings. The standard InChI is InChI=1S/C12H16FN3O/c1-10(17)15-6-3-7-16(9-8-15)12-5-2-4-11(13)14-12/h2,4-5H,3,6-9H2,1H3. The molecule has 0 N–H and O–H groups in total. The highest BCUT2D eigenvalue weighted by Crippen LogP contribution is 2.14. The average Bonchev–Trinajstić information content (AvgIpc) is 2.54. The largest absolute Gasteiger partial charge is 0.355 e. The van der Waals surface area contributed by atoms with Crippen LogP contribution in [0.4, 0.5) is 10.2 Å². The van der Waals surface area contributed by atoms with Crippen LogP contribution in [0.3, 0.4) is 0 Å². The number of nitrogens with zero attached hydrogens (tertiary/aromatic N) is 3. The van der Waals surface area contributed by atoms with Crippen LogP contribution in [0, 0.1) is 5.95 Å². The molecule has 0 bridgehead atoms. The van der Waals surface area contributed by atoms with Gasteiger partial charge in [-0.15, -0.1) is 0 Å². The number of aromatic nitrogens is 1. The number of amides is 1. The average molecular weight is 237 g/mol. The van der Waals surface area contributed by atoms with Crippen molar-refractivity contribution in [3.8, 4) is 0 Å². The maximum atomic E-state index is 13.0. The molecular formula is C12H16FN3O. The highest BCUT2D eigenvalue weighted by Gasteiger charge is 2.17. The highest BCUT2D eigenvalue weighted by molar-refractivity contribution is 5.73. The monoisotopic (exact) mass is 237 g/mol. The Balaban J connectivity index is 2.06. The molecule has 1 aromatic rings.